The van der Waals surface area contributed by atoms with Crippen LogP contribution in [-0.2, 0) is 19.3 Å². The third kappa shape index (κ3) is 5.20. The van der Waals surface area contributed by atoms with E-state index in [2.05, 4.69) is 57.2 Å². The number of amides is 1. The van der Waals surface area contributed by atoms with Crippen LogP contribution in [0.2, 0.25) is 0 Å². The van der Waals surface area contributed by atoms with Gasteiger partial charge in [0.05, 0.1) is 0 Å². The second-order valence-electron chi connectivity index (χ2n) is 7.21. The third-order valence-corrected chi connectivity index (χ3v) is 5.30. The maximum absolute atomic E-state index is 11.8. The van der Waals surface area contributed by atoms with Gasteiger partial charge in [-0.05, 0) is 48.1 Å². The van der Waals surface area contributed by atoms with Gasteiger partial charge in [-0.3, -0.25) is 9.79 Å². The number of carbonyl (C=O) groups excluding carboxylic acids is 1. The van der Waals surface area contributed by atoms with Crippen molar-refractivity contribution in [2.45, 2.75) is 26.2 Å². The maximum Gasteiger partial charge on any atom is 0.251 e. The molecule has 0 bridgehead atoms. The summed E-state index contributed by atoms with van der Waals surface area (Å²) < 4.78 is 0. The zero-order valence-electron chi connectivity index (χ0n) is 18.0. The number of para-hydroxylation sites is 1. The van der Waals surface area contributed by atoms with Gasteiger partial charge in [0.2, 0.25) is 0 Å². The summed E-state index contributed by atoms with van der Waals surface area (Å²) in [6.45, 7) is 3.72. The molecular formula is C24H31N5O. The van der Waals surface area contributed by atoms with E-state index in [0.717, 1.165) is 43.9 Å². The number of nitrogens with one attached hydrogen (secondary N) is 4. The molecule has 1 amide bonds. The van der Waals surface area contributed by atoms with Crippen LogP contribution in [0.4, 0.5) is 0 Å². The van der Waals surface area contributed by atoms with E-state index in [4.69, 9.17) is 0 Å². The van der Waals surface area contributed by atoms with Crippen LogP contribution in [0.1, 0.15) is 34.0 Å². The lowest BCUT2D eigenvalue weighted by Crippen LogP contribution is -2.39. The summed E-state index contributed by atoms with van der Waals surface area (Å²) in [5.41, 5.74) is 5.71. The Morgan fingerprint density at radius 3 is 2.53 bits per heavy atom. The van der Waals surface area contributed by atoms with Crippen molar-refractivity contribution < 1.29 is 4.79 Å². The number of aromatic nitrogens is 1. The third-order valence-electron chi connectivity index (χ3n) is 5.30. The number of guanidine groups is 1. The van der Waals surface area contributed by atoms with Crippen molar-refractivity contribution in [3.8, 4) is 0 Å². The largest absolute Gasteiger partial charge is 0.361 e. The summed E-state index contributed by atoms with van der Waals surface area (Å²) in [6.07, 6.45) is 4.87. The first-order valence-corrected chi connectivity index (χ1v) is 10.5. The summed E-state index contributed by atoms with van der Waals surface area (Å²) in [6, 6.07) is 14.2. The van der Waals surface area contributed by atoms with E-state index in [1.807, 2.05) is 24.3 Å². The van der Waals surface area contributed by atoms with Crippen molar-refractivity contribution in [1.82, 2.24) is 20.9 Å². The quantitative estimate of drug-likeness (QED) is 0.343. The van der Waals surface area contributed by atoms with Crippen molar-refractivity contribution >= 4 is 22.8 Å². The monoisotopic (exact) mass is 405 g/mol. The fraction of sp³-hybridized carbons (Fsp3) is 0.333. The minimum absolute atomic E-state index is 0.0642. The molecule has 0 spiro atoms. The van der Waals surface area contributed by atoms with E-state index in [9.17, 15) is 4.79 Å². The van der Waals surface area contributed by atoms with Crippen LogP contribution in [0.25, 0.3) is 10.9 Å². The molecule has 30 heavy (non-hydrogen) atoms. The van der Waals surface area contributed by atoms with E-state index in [1.54, 1.807) is 14.1 Å². The average Bonchev–Trinajstić information content (AvgIpc) is 3.20. The summed E-state index contributed by atoms with van der Waals surface area (Å²) in [5, 5.41) is 10.7. The Kier molecular flexibility index (Phi) is 7.49. The summed E-state index contributed by atoms with van der Waals surface area (Å²) >= 11 is 0. The van der Waals surface area contributed by atoms with Crippen molar-refractivity contribution in [2.75, 3.05) is 27.2 Å². The molecule has 1 aromatic heterocycles. The second-order valence-corrected chi connectivity index (χ2v) is 7.21. The number of benzene rings is 2. The molecule has 4 N–H and O–H groups in total. The first-order valence-electron chi connectivity index (χ1n) is 10.5. The van der Waals surface area contributed by atoms with Crippen LogP contribution < -0.4 is 16.0 Å². The van der Waals surface area contributed by atoms with Gasteiger partial charge in [-0.2, -0.15) is 0 Å². The Hall–Kier alpha value is -3.28. The lowest BCUT2D eigenvalue weighted by atomic mass is 10.1. The van der Waals surface area contributed by atoms with Crippen LogP contribution >= 0.6 is 0 Å². The number of hydrogen-bond donors (Lipinski definition) is 4. The van der Waals surface area contributed by atoms with Crippen LogP contribution in [-0.4, -0.2) is 44.0 Å². The molecule has 3 rings (SSSR count). The van der Waals surface area contributed by atoms with Gasteiger partial charge in [0.25, 0.3) is 5.91 Å². The predicted octanol–water partition coefficient (Wildman–Crippen LogP) is 3.04. The number of rotatable bonds is 8. The molecule has 158 valence electrons. The second kappa shape index (κ2) is 10.5. The topological polar surface area (TPSA) is 81.3 Å². The van der Waals surface area contributed by atoms with Crippen molar-refractivity contribution in [3.05, 3.63) is 70.9 Å². The number of H-pyrrole nitrogens is 1. The number of hydrogen-bond acceptors (Lipinski definition) is 2. The molecule has 6 heteroatoms. The Bertz CT molecular complexity index is 1020. The molecule has 1 heterocycles. The highest BCUT2D eigenvalue weighted by Crippen LogP contribution is 2.22. The van der Waals surface area contributed by atoms with E-state index in [1.165, 1.54) is 22.0 Å². The first kappa shape index (κ1) is 21.4. The van der Waals surface area contributed by atoms with Crippen molar-refractivity contribution in [2.24, 2.45) is 4.99 Å². The van der Waals surface area contributed by atoms with Gasteiger partial charge < -0.3 is 20.9 Å². The highest BCUT2D eigenvalue weighted by Gasteiger charge is 2.07. The van der Waals surface area contributed by atoms with Crippen molar-refractivity contribution in [3.63, 3.8) is 0 Å². The number of carbonyl (C=O) groups is 1. The van der Waals surface area contributed by atoms with Gasteiger partial charge in [0, 0.05) is 49.8 Å². The lowest BCUT2D eigenvalue weighted by molar-refractivity contribution is 0.0963. The molecule has 2 aromatic carbocycles. The van der Waals surface area contributed by atoms with Crippen LogP contribution in [0.5, 0.6) is 0 Å². The Balaban J connectivity index is 1.48. The van der Waals surface area contributed by atoms with Crippen LogP contribution in [0, 0.1) is 0 Å². The number of nitrogens with zero attached hydrogens (tertiary/aromatic N) is 1. The summed E-state index contributed by atoms with van der Waals surface area (Å²) in [5.74, 6) is 0.720. The number of aliphatic imine (C=N–C) groups is 1. The lowest BCUT2D eigenvalue weighted by Gasteiger charge is -2.12. The van der Waals surface area contributed by atoms with Crippen LogP contribution in [0.3, 0.4) is 0 Å². The van der Waals surface area contributed by atoms with Gasteiger partial charge >= 0.3 is 0 Å². The molecule has 0 unspecified atom stereocenters. The van der Waals surface area contributed by atoms with Gasteiger partial charge in [0.1, 0.15) is 0 Å². The summed E-state index contributed by atoms with van der Waals surface area (Å²) in [4.78, 5) is 19.5. The van der Waals surface area contributed by atoms with E-state index in [0.29, 0.717) is 5.56 Å². The van der Waals surface area contributed by atoms with Gasteiger partial charge in [0.15, 0.2) is 5.96 Å². The Labute approximate surface area is 178 Å². The van der Waals surface area contributed by atoms with E-state index < -0.39 is 0 Å². The molecular weight excluding hydrogens is 374 g/mol. The fourth-order valence-corrected chi connectivity index (χ4v) is 3.65. The van der Waals surface area contributed by atoms with E-state index >= 15 is 0 Å². The molecule has 3 aromatic rings. The van der Waals surface area contributed by atoms with Gasteiger partial charge in [-0.15, -0.1) is 0 Å². The SMILES string of the molecule is CCc1cccc2c(CCNC(=NC)NCCc3cccc(C(=O)NC)c3)c[nH]c12. The molecule has 0 fully saturated rings. The number of aryl methyl sites for hydroxylation is 1. The molecule has 6 nitrogen and oxygen atoms in total. The Morgan fingerprint density at radius 1 is 1.03 bits per heavy atom. The molecule has 0 aliphatic rings. The normalized spacial score (nSPS) is 11.5. The Morgan fingerprint density at radius 2 is 1.80 bits per heavy atom. The minimum atomic E-state index is -0.0642. The number of aromatic amines is 1. The molecule has 0 saturated heterocycles. The van der Waals surface area contributed by atoms with Crippen molar-refractivity contribution in [1.29, 1.82) is 0 Å². The predicted molar refractivity (Wildman–Crippen MR) is 124 cm³/mol. The standard InChI is InChI=1S/C24H31N5O/c1-4-18-8-6-10-21-20(16-29-22(18)21)12-14-28-24(26-3)27-13-11-17-7-5-9-19(15-17)23(30)25-2/h5-10,15-16,29H,4,11-14H2,1-3H3,(H,25,30)(H2,26,27,28). The molecule has 0 aliphatic heterocycles. The maximum atomic E-state index is 11.8. The first-order chi connectivity index (χ1) is 14.7. The molecule has 0 radical (unpaired) electrons. The molecule has 0 saturated carbocycles. The molecule has 0 aliphatic carbocycles. The smallest absolute Gasteiger partial charge is 0.251 e. The fourth-order valence-electron chi connectivity index (χ4n) is 3.65. The van der Waals surface area contributed by atoms with Crippen LogP contribution in [0.15, 0.2) is 53.7 Å². The highest BCUT2D eigenvalue weighted by molar-refractivity contribution is 5.94. The highest BCUT2D eigenvalue weighted by atomic mass is 16.1. The zero-order chi connectivity index (χ0) is 21.3. The minimum Gasteiger partial charge on any atom is -0.361 e. The molecule has 0 atom stereocenters. The zero-order valence-corrected chi connectivity index (χ0v) is 18.0. The van der Waals surface area contributed by atoms with Gasteiger partial charge in [-0.25, -0.2) is 0 Å². The number of fused-ring (bicyclic) bond motifs is 1. The average molecular weight is 406 g/mol. The van der Waals surface area contributed by atoms with Gasteiger partial charge in [-0.1, -0.05) is 37.3 Å². The summed E-state index contributed by atoms with van der Waals surface area (Å²) in [7, 11) is 3.42. The van der Waals surface area contributed by atoms with E-state index in [-0.39, 0.29) is 5.91 Å².